The van der Waals surface area contributed by atoms with Crippen molar-refractivity contribution in [2.45, 2.75) is 6.92 Å². The van der Waals surface area contributed by atoms with Gasteiger partial charge in [-0.1, -0.05) is 18.2 Å². The highest BCUT2D eigenvalue weighted by Gasteiger charge is 2.25. The number of rotatable bonds is 9. The van der Waals surface area contributed by atoms with Gasteiger partial charge < -0.3 is 29.2 Å². The Hall–Kier alpha value is -4.46. The molecule has 8 nitrogen and oxygen atoms in total. The topological polar surface area (TPSA) is 86.3 Å². The number of benzene rings is 3. The van der Waals surface area contributed by atoms with Crippen LogP contribution in [0.5, 0.6) is 23.0 Å². The van der Waals surface area contributed by atoms with Crippen molar-refractivity contribution in [2.24, 2.45) is 0 Å². The maximum atomic E-state index is 12.5. The second-order valence-electron chi connectivity index (χ2n) is 8.12. The number of hydrogen-bond donors (Lipinski definition) is 1. The van der Waals surface area contributed by atoms with E-state index in [1.807, 2.05) is 37.3 Å². The fourth-order valence-electron chi connectivity index (χ4n) is 3.80. The van der Waals surface area contributed by atoms with Crippen molar-refractivity contribution in [3.8, 4) is 23.0 Å². The van der Waals surface area contributed by atoms with E-state index in [9.17, 15) is 9.59 Å². The first kappa shape index (κ1) is 24.7. The average molecular weight is 489 g/mol. The lowest BCUT2D eigenvalue weighted by Crippen LogP contribution is -2.41. The molecule has 36 heavy (non-hydrogen) atoms. The molecule has 0 radical (unpaired) electrons. The van der Waals surface area contributed by atoms with Gasteiger partial charge in [0.2, 0.25) is 5.91 Å². The normalized spacial score (nSPS) is 12.6. The average Bonchev–Trinajstić information content (AvgIpc) is 2.88. The number of nitrogens with one attached hydrogen (secondary N) is 1. The molecule has 4 rings (SSSR count). The number of nitrogens with zero attached hydrogens (tertiary/aromatic N) is 1. The number of amides is 2. The van der Waals surface area contributed by atoms with E-state index in [4.69, 9.17) is 18.9 Å². The molecule has 3 aromatic carbocycles. The minimum absolute atomic E-state index is 0.0753. The summed E-state index contributed by atoms with van der Waals surface area (Å²) in [5.41, 5.74) is 3.09. The maximum Gasteiger partial charge on any atom is 0.265 e. The van der Waals surface area contributed by atoms with Crippen molar-refractivity contribution >= 4 is 29.3 Å². The molecule has 1 aliphatic heterocycles. The largest absolute Gasteiger partial charge is 0.493 e. The van der Waals surface area contributed by atoms with E-state index in [0.29, 0.717) is 41.8 Å². The number of carbonyl (C=O) groups excluding carboxylic acids is 2. The Bertz CT molecular complexity index is 1290. The second-order valence-corrected chi connectivity index (χ2v) is 8.12. The number of fused-ring (bicyclic) bond motifs is 1. The lowest BCUT2D eigenvalue weighted by atomic mass is 10.2. The Morgan fingerprint density at radius 1 is 1.06 bits per heavy atom. The summed E-state index contributed by atoms with van der Waals surface area (Å²) in [5.74, 6) is 2.02. The van der Waals surface area contributed by atoms with E-state index in [2.05, 4.69) is 5.32 Å². The van der Waals surface area contributed by atoms with Gasteiger partial charge >= 0.3 is 0 Å². The Kier molecular flexibility index (Phi) is 7.75. The first-order valence-electron chi connectivity index (χ1n) is 11.4. The molecule has 0 saturated heterocycles. The Morgan fingerprint density at radius 2 is 1.89 bits per heavy atom. The standard InChI is InChI=1S/C28H28N2O6/c1-19-5-4-6-22(15-19)35-14-13-30-23-10-9-21(17-25(23)36-18-28(30)32)29-27(31)12-8-20-7-11-24(33-2)26(16-20)34-3/h4-12,15-17H,13-14,18H2,1-3H3,(H,29,31)/b12-8+. The molecule has 0 unspecified atom stereocenters. The zero-order valence-electron chi connectivity index (χ0n) is 20.4. The summed E-state index contributed by atoms with van der Waals surface area (Å²) >= 11 is 0. The van der Waals surface area contributed by atoms with Crippen molar-refractivity contribution < 1.29 is 28.5 Å². The highest BCUT2D eigenvalue weighted by atomic mass is 16.5. The van der Waals surface area contributed by atoms with Crippen LogP contribution in [-0.2, 0) is 9.59 Å². The van der Waals surface area contributed by atoms with Gasteiger partial charge in [-0.15, -0.1) is 0 Å². The van der Waals surface area contributed by atoms with Crippen LogP contribution in [-0.4, -0.2) is 45.8 Å². The van der Waals surface area contributed by atoms with Crippen molar-refractivity contribution in [1.29, 1.82) is 0 Å². The third kappa shape index (κ3) is 5.96. The van der Waals surface area contributed by atoms with E-state index in [0.717, 1.165) is 16.9 Å². The summed E-state index contributed by atoms with van der Waals surface area (Å²) < 4.78 is 21.9. The van der Waals surface area contributed by atoms with Crippen LogP contribution >= 0.6 is 0 Å². The van der Waals surface area contributed by atoms with Gasteiger partial charge in [-0.25, -0.2) is 0 Å². The quantitative estimate of drug-likeness (QED) is 0.448. The lowest BCUT2D eigenvalue weighted by molar-refractivity contribution is -0.121. The molecule has 0 saturated carbocycles. The lowest BCUT2D eigenvalue weighted by Gasteiger charge is -2.29. The van der Waals surface area contributed by atoms with Crippen molar-refractivity contribution in [1.82, 2.24) is 0 Å². The van der Waals surface area contributed by atoms with Gasteiger partial charge in [0.15, 0.2) is 18.1 Å². The molecule has 0 atom stereocenters. The molecule has 3 aromatic rings. The maximum absolute atomic E-state index is 12.5. The first-order chi connectivity index (χ1) is 17.5. The van der Waals surface area contributed by atoms with E-state index in [-0.39, 0.29) is 18.4 Å². The van der Waals surface area contributed by atoms with Crippen LogP contribution in [0.15, 0.2) is 66.7 Å². The molecule has 0 aliphatic carbocycles. The molecular formula is C28H28N2O6. The van der Waals surface area contributed by atoms with E-state index >= 15 is 0 Å². The molecule has 0 spiro atoms. The van der Waals surface area contributed by atoms with Gasteiger partial charge in [0.05, 0.1) is 26.5 Å². The molecule has 1 aliphatic rings. The number of carbonyl (C=O) groups is 2. The van der Waals surface area contributed by atoms with E-state index < -0.39 is 0 Å². The molecule has 1 N–H and O–H groups in total. The van der Waals surface area contributed by atoms with E-state index in [1.54, 1.807) is 55.5 Å². The van der Waals surface area contributed by atoms with Crippen LogP contribution in [0.3, 0.4) is 0 Å². The zero-order chi connectivity index (χ0) is 25.5. The SMILES string of the molecule is COc1ccc(/C=C/C(=O)Nc2ccc3c(c2)OCC(=O)N3CCOc2cccc(C)c2)cc1OC. The molecule has 0 aromatic heterocycles. The number of aryl methyl sites for hydroxylation is 1. The van der Waals surface area contributed by atoms with Crippen molar-refractivity contribution in [2.75, 3.05) is 44.2 Å². The summed E-state index contributed by atoms with van der Waals surface area (Å²) in [7, 11) is 3.12. The van der Waals surface area contributed by atoms with Gasteiger partial charge in [0.1, 0.15) is 18.1 Å². The van der Waals surface area contributed by atoms with Crippen LogP contribution in [0, 0.1) is 6.92 Å². The van der Waals surface area contributed by atoms with Gasteiger partial charge in [-0.3, -0.25) is 9.59 Å². The number of ether oxygens (including phenoxy) is 4. The van der Waals surface area contributed by atoms with E-state index in [1.165, 1.54) is 6.08 Å². The van der Waals surface area contributed by atoms with Gasteiger partial charge in [-0.2, -0.15) is 0 Å². The first-order valence-corrected chi connectivity index (χ1v) is 11.4. The van der Waals surface area contributed by atoms with Crippen LogP contribution in [0.25, 0.3) is 6.08 Å². The second kappa shape index (κ2) is 11.3. The van der Waals surface area contributed by atoms with Crippen LogP contribution < -0.4 is 29.2 Å². The molecule has 0 fully saturated rings. The summed E-state index contributed by atoms with van der Waals surface area (Å²) in [4.78, 5) is 26.6. The summed E-state index contributed by atoms with van der Waals surface area (Å²) in [6.45, 7) is 2.64. The fourth-order valence-corrected chi connectivity index (χ4v) is 3.80. The molecule has 1 heterocycles. The van der Waals surface area contributed by atoms with Gasteiger partial charge in [-0.05, 0) is 60.5 Å². The number of methoxy groups -OCH3 is 2. The Balaban J connectivity index is 1.39. The monoisotopic (exact) mass is 488 g/mol. The summed E-state index contributed by atoms with van der Waals surface area (Å²) in [6, 6.07) is 18.3. The van der Waals surface area contributed by atoms with Crippen LogP contribution in [0.4, 0.5) is 11.4 Å². The smallest absolute Gasteiger partial charge is 0.265 e. The third-order valence-electron chi connectivity index (χ3n) is 5.58. The molecular weight excluding hydrogens is 460 g/mol. The predicted octanol–water partition coefficient (Wildman–Crippen LogP) is 4.47. The van der Waals surface area contributed by atoms with Gasteiger partial charge in [0.25, 0.3) is 5.91 Å². The Labute approximate surface area is 210 Å². The number of anilines is 2. The predicted molar refractivity (Wildman–Crippen MR) is 138 cm³/mol. The number of hydrogen-bond acceptors (Lipinski definition) is 6. The summed E-state index contributed by atoms with van der Waals surface area (Å²) in [6.07, 6.45) is 3.11. The molecule has 8 heteroatoms. The minimum atomic E-state index is -0.306. The molecule has 0 bridgehead atoms. The van der Waals surface area contributed by atoms with Crippen LogP contribution in [0.1, 0.15) is 11.1 Å². The molecule has 2 amide bonds. The van der Waals surface area contributed by atoms with Gasteiger partial charge in [0, 0.05) is 17.8 Å². The van der Waals surface area contributed by atoms with Crippen LogP contribution in [0.2, 0.25) is 0 Å². The fraction of sp³-hybridized carbons (Fsp3) is 0.214. The van der Waals surface area contributed by atoms with Crippen molar-refractivity contribution in [3.63, 3.8) is 0 Å². The third-order valence-corrected chi connectivity index (χ3v) is 5.58. The highest BCUT2D eigenvalue weighted by Crippen LogP contribution is 2.34. The zero-order valence-corrected chi connectivity index (χ0v) is 20.4. The molecule has 186 valence electrons. The highest BCUT2D eigenvalue weighted by molar-refractivity contribution is 6.03. The Morgan fingerprint density at radius 3 is 2.67 bits per heavy atom. The minimum Gasteiger partial charge on any atom is -0.493 e. The summed E-state index contributed by atoms with van der Waals surface area (Å²) in [5, 5.41) is 2.82. The van der Waals surface area contributed by atoms with Crippen molar-refractivity contribution in [3.05, 3.63) is 77.9 Å².